The van der Waals surface area contributed by atoms with E-state index >= 15 is 0 Å². The van der Waals surface area contributed by atoms with Crippen molar-refractivity contribution in [1.82, 2.24) is 15.1 Å². The predicted octanol–water partition coefficient (Wildman–Crippen LogP) is 3.33. The number of carbonyl (C=O) groups excluding carboxylic acids is 2. The summed E-state index contributed by atoms with van der Waals surface area (Å²) in [6, 6.07) is 9.05. The molecule has 2 amide bonds. The van der Waals surface area contributed by atoms with Gasteiger partial charge in [-0.15, -0.1) is 0 Å². The highest BCUT2D eigenvalue weighted by Crippen LogP contribution is 2.27. The summed E-state index contributed by atoms with van der Waals surface area (Å²) in [5, 5.41) is 10.9. The summed E-state index contributed by atoms with van der Waals surface area (Å²) in [6.07, 6.45) is 1.61. The van der Waals surface area contributed by atoms with Crippen molar-refractivity contribution in [3.63, 3.8) is 0 Å². The molecule has 2 aromatic carbocycles. The summed E-state index contributed by atoms with van der Waals surface area (Å²) in [6.45, 7) is 2.74. The van der Waals surface area contributed by atoms with Crippen molar-refractivity contribution in [2.45, 2.75) is 20.0 Å². The molecule has 2 heterocycles. The molecular weight excluding hydrogens is 340 g/mol. The number of fused-ring (bicyclic) bond motifs is 2. The van der Waals surface area contributed by atoms with Gasteiger partial charge in [0.2, 0.25) is 5.91 Å². The number of carbonyl (C=O) groups is 2. The lowest BCUT2D eigenvalue weighted by molar-refractivity contribution is -0.129. The zero-order valence-electron chi connectivity index (χ0n) is 13.5. The second kappa shape index (κ2) is 5.89. The molecule has 0 saturated carbocycles. The highest BCUT2D eigenvalue weighted by molar-refractivity contribution is 6.32. The number of benzene rings is 2. The van der Waals surface area contributed by atoms with Crippen molar-refractivity contribution in [3.05, 3.63) is 58.2 Å². The molecule has 0 saturated heterocycles. The number of aromatic amines is 1. The van der Waals surface area contributed by atoms with Gasteiger partial charge in [0, 0.05) is 36.1 Å². The number of anilines is 1. The molecule has 0 fully saturated rings. The first-order chi connectivity index (χ1) is 12.0. The summed E-state index contributed by atoms with van der Waals surface area (Å²) in [5.41, 5.74) is 4.01. The Labute approximate surface area is 148 Å². The molecule has 0 atom stereocenters. The van der Waals surface area contributed by atoms with Crippen molar-refractivity contribution in [2.75, 3.05) is 5.32 Å². The fourth-order valence-electron chi connectivity index (χ4n) is 3.10. The van der Waals surface area contributed by atoms with Crippen molar-refractivity contribution in [2.24, 2.45) is 0 Å². The van der Waals surface area contributed by atoms with Gasteiger partial charge in [-0.2, -0.15) is 5.10 Å². The molecule has 1 aliphatic heterocycles. The molecule has 0 aliphatic carbocycles. The third-order valence-corrected chi connectivity index (χ3v) is 4.62. The highest BCUT2D eigenvalue weighted by Gasteiger charge is 2.21. The number of aromatic nitrogens is 2. The monoisotopic (exact) mass is 354 g/mol. The first-order valence-electron chi connectivity index (χ1n) is 7.82. The van der Waals surface area contributed by atoms with Crippen LogP contribution in [-0.2, 0) is 17.9 Å². The minimum Gasteiger partial charge on any atom is -0.334 e. The van der Waals surface area contributed by atoms with Crippen LogP contribution in [0.5, 0.6) is 0 Å². The van der Waals surface area contributed by atoms with E-state index in [4.69, 9.17) is 11.6 Å². The van der Waals surface area contributed by atoms with E-state index in [9.17, 15) is 9.59 Å². The molecule has 2 N–H and O–H groups in total. The maximum Gasteiger partial charge on any atom is 0.256 e. The number of halogens is 1. The molecule has 25 heavy (non-hydrogen) atoms. The van der Waals surface area contributed by atoms with Gasteiger partial charge in [0.1, 0.15) is 0 Å². The van der Waals surface area contributed by atoms with Gasteiger partial charge >= 0.3 is 0 Å². The van der Waals surface area contributed by atoms with Crippen LogP contribution >= 0.6 is 11.6 Å². The number of H-pyrrole nitrogens is 1. The fourth-order valence-corrected chi connectivity index (χ4v) is 3.32. The van der Waals surface area contributed by atoms with Crippen LogP contribution in [0.3, 0.4) is 0 Å². The van der Waals surface area contributed by atoms with Crippen molar-refractivity contribution < 1.29 is 9.59 Å². The van der Waals surface area contributed by atoms with Gasteiger partial charge in [-0.25, -0.2) is 0 Å². The van der Waals surface area contributed by atoms with Crippen molar-refractivity contribution in [3.8, 4) is 0 Å². The van der Waals surface area contributed by atoms with Gasteiger partial charge in [-0.05, 0) is 35.4 Å². The molecule has 7 heteroatoms. The van der Waals surface area contributed by atoms with Crippen LogP contribution in [0, 0.1) is 0 Å². The van der Waals surface area contributed by atoms with Gasteiger partial charge in [-0.3, -0.25) is 14.7 Å². The molecule has 3 aromatic rings. The Balaban J connectivity index is 1.61. The summed E-state index contributed by atoms with van der Waals surface area (Å²) in [7, 11) is 0. The van der Waals surface area contributed by atoms with Crippen LogP contribution in [0.2, 0.25) is 5.02 Å². The topological polar surface area (TPSA) is 78.1 Å². The molecule has 1 aromatic heterocycles. The SMILES string of the molecule is CC(=O)N1Cc2ccc(NC(=O)c3cc(Cl)cc4[nH]ncc34)cc2C1. The van der Waals surface area contributed by atoms with Gasteiger partial charge < -0.3 is 10.2 Å². The smallest absolute Gasteiger partial charge is 0.256 e. The van der Waals surface area contributed by atoms with E-state index in [0.29, 0.717) is 40.3 Å². The minimum atomic E-state index is -0.254. The summed E-state index contributed by atoms with van der Waals surface area (Å²) in [4.78, 5) is 26.0. The Kier molecular flexibility index (Phi) is 3.69. The second-order valence-corrected chi connectivity index (χ2v) is 6.53. The quantitative estimate of drug-likeness (QED) is 0.741. The van der Waals surface area contributed by atoms with E-state index in [1.807, 2.05) is 18.2 Å². The molecule has 1 aliphatic rings. The number of hydrogen-bond donors (Lipinski definition) is 2. The third-order valence-electron chi connectivity index (χ3n) is 4.40. The second-order valence-electron chi connectivity index (χ2n) is 6.10. The zero-order valence-corrected chi connectivity index (χ0v) is 14.2. The standard InChI is InChI=1S/C18H15ClN4O2/c1-10(24)23-8-11-2-3-14(4-12(11)9-23)21-18(25)15-5-13(19)6-17-16(15)7-20-22-17/h2-7H,8-9H2,1H3,(H,20,22)(H,21,25). The van der Waals surface area contributed by atoms with Crippen LogP contribution in [-0.4, -0.2) is 26.9 Å². The van der Waals surface area contributed by atoms with Crippen LogP contribution in [0.15, 0.2) is 36.5 Å². The van der Waals surface area contributed by atoms with E-state index < -0.39 is 0 Å². The number of nitrogens with one attached hydrogen (secondary N) is 2. The first-order valence-corrected chi connectivity index (χ1v) is 8.20. The fraction of sp³-hybridized carbons (Fsp3) is 0.167. The number of amides is 2. The van der Waals surface area contributed by atoms with Crippen LogP contribution in [0.4, 0.5) is 5.69 Å². The molecule has 0 radical (unpaired) electrons. The number of rotatable bonds is 2. The van der Waals surface area contributed by atoms with E-state index in [-0.39, 0.29) is 11.8 Å². The van der Waals surface area contributed by atoms with Crippen LogP contribution in [0.1, 0.15) is 28.4 Å². The zero-order chi connectivity index (χ0) is 17.6. The summed E-state index contributed by atoms with van der Waals surface area (Å²) in [5.74, 6) is -0.210. The lowest BCUT2D eigenvalue weighted by atomic mass is 10.1. The lowest BCUT2D eigenvalue weighted by Crippen LogP contribution is -2.21. The molecule has 126 valence electrons. The van der Waals surface area contributed by atoms with E-state index in [1.54, 1.807) is 30.2 Å². The summed E-state index contributed by atoms with van der Waals surface area (Å²) >= 11 is 6.08. The Morgan fingerprint density at radius 3 is 2.80 bits per heavy atom. The lowest BCUT2D eigenvalue weighted by Gasteiger charge is -2.11. The average molecular weight is 355 g/mol. The number of hydrogen-bond acceptors (Lipinski definition) is 3. The van der Waals surface area contributed by atoms with E-state index in [0.717, 1.165) is 11.1 Å². The Bertz CT molecular complexity index is 1010. The Hall–Kier alpha value is -2.86. The van der Waals surface area contributed by atoms with Crippen LogP contribution < -0.4 is 5.32 Å². The maximum absolute atomic E-state index is 12.7. The van der Waals surface area contributed by atoms with Gasteiger partial charge in [0.05, 0.1) is 17.3 Å². The maximum atomic E-state index is 12.7. The van der Waals surface area contributed by atoms with Crippen molar-refractivity contribution >= 4 is 40.0 Å². The normalized spacial score (nSPS) is 13.1. The largest absolute Gasteiger partial charge is 0.334 e. The minimum absolute atomic E-state index is 0.0445. The highest BCUT2D eigenvalue weighted by atomic mass is 35.5. The van der Waals surface area contributed by atoms with Crippen LogP contribution in [0.25, 0.3) is 10.9 Å². The molecule has 0 spiro atoms. The predicted molar refractivity (Wildman–Crippen MR) is 95.4 cm³/mol. The van der Waals surface area contributed by atoms with E-state index in [1.165, 1.54) is 0 Å². The van der Waals surface area contributed by atoms with Gasteiger partial charge in [-0.1, -0.05) is 17.7 Å². The average Bonchev–Trinajstić information content (AvgIpc) is 3.19. The Morgan fingerprint density at radius 2 is 2.00 bits per heavy atom. The molecule has 0 unspecified atom stereocenters. The third kappa shape index (κ3) is 2.85. The first kappa shape index (κ1) is 15.7. The van der Waals surface area contributed by atoms with Crippen molar-refractivity contribution in [1.29, 1.82) is 0 Å². The molecular formula is C18H15ClN4O2. The molecule has 4 rings (SSSR count). The Morgan fingerprint density at radius 1 is 1.20 bits per heavy atom. The van der Waals surface area contributed by atoms with Gasteiger partial charge in [0.25, 0.3) is 5.91 Å². The molecule has 0 bridgehead atoms. The summed E-state index contributed by atoms with van der Waals surface area (Å²) < 4.78 is 0. The van der Waals surface area contributed by atoms with Gasteiger partial charge in [0.15, 0.2) is 0 Å². The number of nitrogens with zero attached hydrogens (tertiary/aromatic N) is 2. The van der Waals surface area contributed by atoms with E-state index in [2.05, 4.69) is 15.5 Å². The molecule has 6 nitrogen and oxygen atoms in total.